The summed E-state index contributed by atoms with van der Waals surface area (Å²) in [6, 6.07) is 12.5. The van der Waals surface area contributed by atoms with Crippen molar-refractivity contribution in [3.8, 4) is 0 Å². The van der Waals surface area contributed by atoms with Gasteiger partial charge in [0.2, 0.25) is 0 Å². The third kappa shape index (κ3) is 4.02. The van der Waals surface area contributed by atoms with Crippen molar-refractivity contribution in [3.63, 3.8) is 0 Å². The van der Waals surface area contributed by atoms with E-state index in [4.69, 9.17) is 5.73 Å². The maximum Gasteiger partial charge on any atom is 0.0630 e. The SMILES string of the molecule is CCC(C)(N)c1ccc(N=Cc2ccc(C(C)C)s2)cc1. The van der Waals surface area contributed by atoms with Crippen LogP contribution >= 0.6 is 11.3 Å². The predicted molar refractivity (Wildman–Crippen MR) is 93.9 cm³/mol. The standard InChI is InChI=1S/C18H24N2S/c1-5-18(4,19)14-6-8-15(9-7-14)20-12-16-10-11-17(21-16)13(2)3/h6-13H,5,19H2,1-4H3. The van der Waals surface area contributed by atoms with Crippen LogP contribution in [-0.4, -0.2) is 6.21 Å². The van der Waals surface area contributed by atoms with Gasteiger partial charge in [0.25, 0.3) is 0 Å². The maximum absolute atomic E-state index is 6.25. The van der Waals surface area contributed by atoms with Crippen molar-refractivity contribution in [2.45, 2.75) is 45.6 Å². The molecule has 2 nitrogen and oxygen atoms in total. The van der Waals surface area contributed by atoms with Crippen LogP contribution < -0.4 is 5.73 Å². The summed E-state index contributed by atoms with van der Waals surface area (Å²) in [5.74, 6) is 0.577. The molecule has 0 radical (unpaired) electrons. The highest BCUT2D eigenvalue weighted by Gasteiger charge is 2.17. The molecule has 0 amide bonds. The van der Waals surface area contributed by atoms with Crippen molar-refractivity contribution in [2.24, 2.45) is 10.7 Å². The van der Waals surface area contributed by atoms with Crippen LogP contribution in [0.3, 0.4) is 0 Å². The summed E-state index contributed by atoms with van der Waals surface area (Å²) in [5, 5.41) is 0. The number of hydrogen-bond acceptors (Lipinski definition) is 3. The van der Waals surface area contributed by atoms with Gasteiger partial charge in [-0.15, -0.1) is 11.3 Å². The van der Waals surface area contributed by atoms with E-state index in [-0.39, 0.29) is 5.54 Å². The zero-order valence-electron chi connectivity index (χ0n) is 13.3. The molecule has 0 aliphatic carbocycles. The third-order valence-corrected chi connectivity index (χ3v) is 5.14. The molecule has 0 bridgehead atoms. The van der Waals surface area contributed by atoms with E-state index in [1.165, 1.54) is 9.75 Å². The quantitative estimate of drug-likeness (QED) is 0.757. The molecule has 2 rings (SSSR count). The second-order valence-electron chi connectivity index (χ2n) is 5.97. The fourth-order valence-electron chi connectivity index (χ4n) is 2.02. The number of hydrogen-bond donors (Lipinski definition) is 1. The second-order valence-corrected chi connectivity index (χ2v) is 7.12. The molecule has 2 aromatic rings. The molecule has 112 valence electrons. The van der Waals surface area contributed by atoms with Gasteiger partial charge in [-0.1, -0.05) is 32.9 Å². The Morgan fingerprint density at radius 3 is 2.38 bits per heavy atom. The number of benzene rings is 1. The zero-order valence-corrected chi connectivity index (χ0v) is 14.1. The van der Waals surface area contributed by atoms with Gasteiger partial charge < -0.3 is 5.73 Å². The van der Waals surface area contributed by atoms with Crippen molar-refractivity contribution < 1.29 is 0 Å². The first-order valence-corrected chi connectivity index (χ1v) is 8.27. The summed E-state index contributed by atoms with van der Waals surface area (Å²) < 4.78 is 0. The maximum atomic E-state index is 6.25. The summed E-state index contributed by atoms with van der Waals surface area (Å²) in [7, 11) is 0. The second kappa shape index (κ2) is 6.54. The number of thiophene rings is 1. The van der Waals surface area contributed by atoms with E-state index in [0.29, 0.717) is 5.92 Å². The molecule has 2 N–H and O–H groups in total. The summed E-state index contributed by atoms with van der Waals surface area (Å²) >= 11 is 1.80. The molecule has 1 unspecified atom stereocenters. The van der Waals surface area contributed by atoms with Crippen LogP contribution in [0.1, 0.15) is 55.4 Å². The number of rotatable bonds is 5. The van der Waals surface area contributed by atoms with Crippen LogP contribution in [0.15, 0.2) is 41.4 Å². The first kappa shape index (κ1) is 15.9. The van der Waals surface area contributed by atoms with Crippen molar-refractivity contribution in [1.29, 1.82) is 0 Å². The van der Waals surface area contributed by atoms with Crippen LogP contribution in [-0.2, 0) is 5.54 Å². The first-order valence-electron chi connectivity index (χ1n) is 7.45. The van der Waals surface area contributed by atoms with Gasteiger partial charge in [0.15, 0.2) is 0 Å². The van der Waals surface area contributed by atoms with E-state index in [1.54, 1.807) is 11.3 Å². The molecule has 0 aliphatic rings. The van der Waals surface area contributed by atoms with Crippen molar-refractivity contribution in [3.05, 3.63) is 51.7 Å². The lowest BCUT2D eigenvalue weighted by molar-refractivity contribution is 0.476. The van der Waals surface area contributed by atoms with Gasteiger partial charge in [0.05, 0.1) is 5.69 Å². The lowest BCUT2D eigenvalue weighted by Gasteiger charge is -2.23. The van der Waals surface area contributed by atoms with Crippen molar-refractivity contribution >= 4 is 23.2 Å². The summed E-state index contributed by atoms with van der Waals surface area (Å²) in [4.78, 5) is 7.13. The minimum Gasteiger partial charge on any atom is -0.322 e. The molecule has 0 spiro atoms. The van der Waals surface area contributed by atoms with E-state index in [1.807, 2.05) is 18.3 Å². The van der Waals surface area contributed by atoms with Gasteiger partial charge in [-0.25, -0.2) is 0 Å². The molecule has 1 heterocycles. The molecular formula is C18H24N2S. The summed E-state index contributed by atoms with van der Waals surface area (Å²) in [6.07, 6.45) is 2.86. The van der Waals surface area contributed by atoms with Gasteiger partial charge in [-0.05, 0) is 49.1 Å². The number of aliphatic imine (C=N–C) groups is 1. The van der Waals surface area contributed by atoms with Crippen LogP contribution in [0, 0.1) is 0 Å². The minimum atomic E-state index is -0.262. The molecule has 0 saturated heterocycles. The Bertz CT molecular complexity index is 606. The summed E-state index contributed by atoms with van der Waals surface area (Å²) in [6.45, 7) is 8.59. The normalized spacial score (nSPS) is 14.8. The number of nitrogens with two attached hydrogens (primary N) is 1. The first-order chi connectivity index (χ1) is 9.92. The molecule has 0 saturated carbocycles. The van der Waals surface area contributed by atoms with Crippen LogP contribution in [0.4, 0.5) is 5.69 Å². The van der Waals surface area contributed by atoms with E-state index >= 15 is 0 Å². The van der Waals surface area contributed by atoms with Gasteiger partial charge >= 0.3 is 0 Å². The molecule has 0 aliphatic heterocycles. The Labute approximate surface area is 131 Å². The zero-order chi connectivity index (χ0) is 15.5. The molecule has 0 fully saturated rings. The van der Waals surface area contributed by atoms with E-state index < -0.39 is 0 Å². The lowest BCUT2D eigenvalue weighted by Crippen LogP contribution is -2.31. The van der Waals surface area contributed by atoms with Gasteiger partial charge in [-0.2, -0.15) is 0 Å². The van der Waals surface area contributed by atoms with Crippen molar-refractivity contribution in [1.82, 2.24) is 0 Å². The smallest absolute Gasteiger partial charge is 0.0630 e. The molecular weight excluding hydrogens is 276 g/mol. The Kier molecular flexibility index (Phi) is 4.96. The lowest BCUT2D eigenvalue weighted by atomic mass is 9.90. The fourth-order valence-corrected chi connectivity index (χ4v) is 2.90. The largest absolute Gasteiger partial charge is 0.322 e. The third-order valence-electron chi connectivity index (χ3n) is 3.82. The molecule has 1 aromatic carbocycles. The average Bonchev–Trinajstić information content (AvgIpc) is 2.95. The van der Waals surface area contributed by atoms with Gasteiger partial charge in [-0.3, -0.25) is 4.99 Å². The van der Waals surface area contributed by atoms with Crippen molar-refractivity contribution in [2.75, 3.05) is 0 Å². The Balaban J connectivity index is 2.10. The van der Waals surface area contributed by atoms with Gasteiger partial charge in [0, 0.05) is 21.5 Å². The highest BCUT2D eigenvalue weighted by molar-refractivity contribution is 7.13. The monoisotopic (exact) mass is 300 g/mol. The average molecular weight is 300 g/mol. The van der Waals surface area contributed by atoms with Crippen LogP contribution in [0.5, 0.6) is 0 Å². The molecule has 21 heavy (non-hydrogen) atoms. The number of nitrogens with zero attached hydrogens (tertiary/aromatic N) is 1. The van der Waals surface area contributed by atoms with Crippen LogP contribution in [0.2, 0.25) is 0 Å². The summed E-state index contributed by atoms with van der Waals surface area (Å²) in [5.41, 5.74) is 8.10. The molecule has 1 atom stereocenters. The highest BCUT2D eigenvalue weighted by atomic mass is 32.1. The fraction of sp³-hybridized carbons (Fsp3) is 0.389. The van der Waals surface area contributed by atoms with E-state index in [9.17, 15) is 0 Å². The topological polar surface area (TPSA) is 38.4 Å². The van der Waals surface area contributed by atoms with Crippen LogP contribution in [0.25, 0.3) is 0 Å². The Morgan fingerprint density at radius 1 is 1.19 bits per heavy atom. The molecule has 3 heteroatoms. The highest BCUT2D eigenvalue weighted by Crippen LogP contribution is 2.25. The van der Waals surface area contributed by atoms with Gasteiger partial charge in [0.1, 0.15) is 0 Å². The molecule has 1 aromatic heterocycles. The van der Waals surface area contributed by atoms with E-state index in [0.717, 1.165) is 17.7 Å². The Morgan fingerprint density at radius 2 is 1.86 bits per heavy atom. The van der Waals surface area contributed by atoms with E-state index in [2.05, 4.69) is 57.0 Å². The minimum absolute atomic E-state index is 0.262. The Hall–Kier alpha value is -1.45. The predicted octanol–water partition coefficient (Wildman–Crippen LogP) is 5.21.